The molecule has 0 unspecified atom stereocenters. The van der Waals surface area contributed by atoms with Crippen molar-refractivity contribution in [3.8, 4) is 11.1 Å². The van der Waals surface area contributed by atoms with E-state index in [1.165, 1.54) is 0 Å². The van der Waals surface area contributed by atoms with Crippen LogP contribution in [0, 0.1) is 0 Å². The molecular weight excluding hydrogens is 566 g/mol. The topological polar surface area (TPSA) is 92.3 Å². The van der Waals surface area contributed by atoms with Crippen LogP contribution in [0.2, 0.25) is 0 Å². The Labute approximate surface area is 264 Å². The monoisotopic (exact) mass is 607 g/mol. The number of morpholine rings is 1. The average molecular weight is 608 g/mol. The molecule has 8 nitrogen and oxygen atoms in total. The van der Waals surface area contributed by atoms with E-state index >= 15 is 0 Å². The molecule has 0 aromatic heterocycles. The fourth-order valence-electron chi connectivity index (χ4n) is 5.90. The summed E-state index contributed by atoms with van der Waals surface area (Å²) in [7, 11) is 0. The SMILES string of the molecule is O=C(NCc1ccccc1)NCc1ccccc1-c1ccc([C@H]2O[C@@H](CN3CCOCC3)C[C@@H](c3ccc(CO)cc3)O2)cc1. The van der Waals surface area contributed by atoms with Crippen molar-refractivity contribution in [1.82, 2.24) is 15.5 Å². The minimum atomic E-state index is -0.508. The molecule has 0 bridgehead atoms. The third kappa shape index (κ3) is 8.36. The molecule has 0 aliphatic carbocycles. The Bertz CT molecular complexity index is 1510. The summed E-state index contributed by atoms with van der Waals surface area (Å²) in [5.74, 6) is 0. The number of aliphatic hydroxyl groups excluding tert-OH is 1. The molecule has 4 aromatic rings. The summed E-state index contributed by atoms with van der Waals surface area (Å²) in [6.07, 6.45) is 0.126. The molecule has 6 rings (SSSR count). The molecule has 3 N–H and O–H groups in total. The number of nitrogens with one attached hydrogen (secondary N) is 2. The molecule has 8 heteroatoms. The van der Waals surface area contributed by atoms with Gasteiger partial charge >= 0.3 is 6.03 Å². The largest absolute Gasteiger partial charge is 0.392 e. The predicted octanol–water partition coefficient (Wildman–Crippen LogP) is 5.72. The van der Waals surface area contributed by atoms with E-state index in [-0.39, 0.29) is 24.8 Å². The van der Waals surface area contributed by atoms with Gasteiger partial charge in [0, 0.05) is 44.7 Å². The normalized spacial score (nSPS) is 20.4. The third-order valence-corrected chi connectivity index (χ3v) is 8.43. The van der Waals surface area contributed by atoms with Crippen LogP contribution in [0.25, 0.3) is 11.1 Å². The van der Waals surface area contributed by atoms with Gasteiger partial charge in [-0.2, -0.15) is 0 Å². The average Bonchev–Trinajstić information content (AvgIpc) is 3.11. The zero-order valence-electron chi connectivity index (χ0n) is 25.4. The van der Waals surface area contributed by atoms with E-state index in [0.717, 1.165) is 78.2 Å². The van der Waals surface area contributed by atoms with Gasteiger partial charge in [0.15, 0.2) is 6.29 Å². The van der Waals surface area contributed by atoms with Crippen LogP contribution in [0.4, 0.5) is 4.79 Å². The highest BCUT2D eigenvalue weighted by atomic mass is 16.7. The van der Waals surface area contributed by atoms with Gasteiger partial charge in [0.2, 0.25) is 0 Å². The molecule has 2 aliphatic heterocycles. The van der Waals surface area contributed by atoms with Crippen molar-refractivity contribution in [2.75, 3.05) is 32.8 Å². The highest BCUT2D eigenvalue weighted by Crippen LogP contribution is 2.39. The molecule has 0 saturated carbocycles. The minimum absolute atomic E-state index is 0.00359. The smallest absolute Gasteiger partial charge is 0.315 e. The lowest BCUT2D eigenvalue weighted by atomic mass is 9.97. The molecule has 2 aliphatic rings. The molecule has 0 radical (unpaired) electrons. The molecule has 2 heterocycles. The predicted molar refractivity (Wildman–Crippen MR) is 173 cm³/mol. The van der Waals surface area contributed by atoms with Crippen LogP contribution in [-0.2, 0) is 33.9 Å². The zero-order valence-corrected chi connectivity index (χ0v) is 25.4. The molecule has 0 spiro atoms. The molecule has 2 saturated heterocycles. The Hall–Kier alpha value is -4.05. The van der Waals surface area contributed by atoms with Crippen molar-refractivity contribution in [1.29, 1.82) is 0 Å². The Kier molecular flexibility index (Phi) is 10.5. The Morgan fingerprint density at radius 3 is 2.20 bits per heavy atom. The second-order valence-corrected chi connectivity index (χ2v) is 11.6. The first-order chi connectivity index (χ1) is 22.1. The molecule has 4 aromatic carbocycles. The van der Waals surface area contributed by atoms with Gasteiger partial charge in [-0.25, -0.2) is 4.79 Å². The van der Waals surface area contributed by atoms with Crippen LogP contribution in [0.15, 0.2) is 103 Å². The van der Waals surface area contributed by atoms with Gasteiger partial charge in [0.05, 0.1) is 32.0 Å². The molecule has 45 heavy (non-hydrogen) atoms. The van der Waals surface area contributed by atoms with Gasteiger partial charge in [-0.3, -0.25) is 4.90 Å². The zero-order chi connectivity index (χ0) is 30.8. The first kappa shape index (κ1) is 31.0. The summed E-state index contributed by atoms with van der Waals surface area (Å²) in [6, 6.07) is 34.1. The number of benzene rings is 4. The van der Waals surface area contributed by atoms with Crippen molar-refractivity contribution in [2.45, 2.75) is 44.6 Å². The van der Waals surface area contributed by atoms with Crippen LogP contribution in [0.1, 0.15) is 46.6 Å². The lowest BCUT2D eigenvalue weighted by Crippen LogP contribution is -2.44. The van der Waals surface area contributed by atoms with Crippen molar-refractivity contribution < 1.29 is 24.1 Å². The van der Waals surface area contributed by atoms with Gasteiger partial charge in [0.25, 0.3) is 0 Å². The van der Waals surface area contributed by atoms with Gasteiger partial charge in [0.1, 0.15) is 0 Å². The van der Waals surface area contributed by atoms with Gasteiger partial charge in [-0.15, -0.1) is 0 Å². The minimum Gasteiger partial charge on any atom is -0.392 e. The summed E-state index contributed by atoms with van der Waals surface area (Å²) >= 11 is 0. The van der Waals surface area contributed by atoms with Crippen molar-refractivity contribution in [2.24, 2.45) is 0 Å². The fourth-order valence-corrected chi connectivity index (χ4v) is 5.90. The number of aliphatic hydroxyl groups is 1. The quantitative estimate of drug-likeness (QED) is 0.214. The van der Waals surface area contributed by atoms with Crippen LogP contribution < -0.4 is 10.6 Å². The number of carbonyl (C=O) groups excluding carboxylic acids is 1. The summed E-state index contributed by atoms with van der Waals surface area (Å²) < 4.78 is 18.7. The van der Waals surface area contributed by atoms with E-state index in [1.807, 2.05) is 72.8 Å². The van der Waals surface area contributed by atoms with E-state index in [4.69, 9.17) is 14.2 Å². The van der Waals surface area contributed by atoms with Crippen LogP contribution in [0.3, 0.4) is 0 Å². The molecule has 3 atom stereocenters. The number of hydrogen-bond donors (Lipinski definition) is 3. The number of amides is 2. The highest BCUT2D eigenvalue weighted by molar-refractivity contribution is 5.75. The highest BCUT2D eigenvalue weighted by Gasteiger charge is 2.33. The maximum atomic E-state index is 12.5. The van der Waals surface area contributed by atoms with E-state index < -0.39 is 6.29 Å². The third-order valence-electron chi connectivity index (χ3n) is 8.43. The first-order valence-electron chi connectivity index (χ1n) is 15.7. The van der Waals surface area contributed by atoms with Gasteiger partial charge in [-0.1, -0.05) is 103 Å². The van der Waals surface area contributed by atoms with Crippen LogP contribution in [-0.4, -0.2) is 55.0 Å². The summed E-state index contributed by atoms with van der Waals surface area (Å²) in [5.41, 5.74) is 7.12. The molecular formula is C37H41N3O5. The molecule has 234 valence electrons. The Balaban J connectivity index is 1.14. The Morgan fingerprint density at radius 2 is 1.44 bits per heavy atom. The lowest BCUT2D eigenvalue weighted by molar-refractivity contribution is -0.253. The van der Waals surface area contributed by atoms with E-state index in [9.17, 15) is 9.90 Å². The van der Waals surface area contributed by atoms with Crippen LogP contribution in [0.5, 0.6) is 0 Å². The first-order valence-corrected chi connectivity index (χ1v) is 15.7. The maximum absolute atomic E-state index is 12.5. The number of rotatable bonds is 10. The van der Waals surface area contributed by atoms with Crippen molar-refractivity contribution in [3.05, 3.63) is 131 Å². The molecule has 2 fully saturated rings. The summed E-state index contributed by atoms with van der Waals surface area (Å²) in [6.45, 7) is 5.02. The lowest BCUT2D eigenvalue weighted by Gasteiger charge is -2.39. The number of carbonyl (C=O) groups is 1. The van der Waals surface area contributed by atoms with Gasteiger partial charge < -0.3 is 30.0 Å². The van der Waals surface area contributed by atoms with Crippen LogP contribution >= 0.6 is 0 Å². The number of hydrogen-bond acceptors (Lipinski definition) is 6. The van der Waals surface area contributed by atoms with Gasteiger partial charge in [-0.05, 0) is 33.4 Å². The standard InChI is InChI=1S/C37H41N3O5/c41-26-28-10-12-30(13-11-28)35-22-33(25-40-18-20-43-21-19-40)44-36(45-35)31-16-14-29(15-17-31)34-9-5-4-8-32(34)24-39-37(42)38-23-27-6-2-1-3-7-27/h1-17,33,35-36,41H,18-26H2,(H2,38,39,42)/t33-,35+,36+/m1/s1. The summed E-state index contributed by atoms with van der Waals surface area (Å²) in [5, 5.41) is 15.4. The van der Waals surface area contributed by atoms with E-state index in [1.54, 1.807) is 0 Å². The number of ether oxygens (including phenoxy) is 3. The second-order valence-electron chi connectivity index (χ2n) is 11.6. The summed E-state index contributed by atoms with van der Waals surface area (Å²) in [4.78, 5) is 14.9. The number of nitrogens with zero attached hydrogens (tertiary/aromatic N) is 1. The maximum Gasteiger partial charge on any atom is 0.315 e. The van der Waals surface area contributed by atoms with E-state index in [0.29, 0.717) is 13.1 Å². The second kappa shape index (κ2) is 15.3. The van der Waals surface area contributed by atoms with Crippen molar-refractivity contribution >= 4 is 6.03 Å². The Morgan fingerprint density at radius 1 is 0.756 bits per heavy atom. The van der Waals surface area contributed by atoms with Crippen molar-refractivity contribution in [3.63, 3.8) is 0 Å². The van der Waals surface area contributed by atoms with E-state index in [2.05, 4.69) is 45.9 Å². The number of urea groups is 1. The fraction of sp³-hybridized carbons (Fsp3) is 0.324. The molecule has 2 amide bonds.